The van der Waals surface area contributed by atoms with Crippen molar-refractivity contribution in [1.82, 2.24) is 0 Å². The lowest BCUT2D eigenvalue weighted by molar-refractivity contribution is -0.143. The van der Waals surface area contributed by atoms with Crippen LogP contribution in [0.2, 0.25) is 5.02 Å². The summed E-state index contributed by atoms with van der Waals surface area (Å²) < 4.78 is 87.8. The first-order valence-corrected chi connectivity index (χ1v) is 8.49. The summed E-state index contributed by atoms with van der Waals surface area (Å²) in [6, 6.07) is 2.73. The monoisotopic (exact) mass is 470 g/mol. The Morgan fingerprint density at radius 3 is 2.00 bits per heavy atom. The molecule has 168 valence electrons. The SMILES string of the molecule is COc1cc(C(=O)Nc2cc(C(F)(F)F)cc(C(F)(F)F)c2)cc(Cl)c1OCC(N)=O. The van der Waals surface area contributed by atoms with Gasteiger partial charge in [0, 0.05) is 11.3 Å². The van der Waals surface area contributed by atoms with Crippen LogP contribution in [0.5, 0.6) is 11.5 Å². The Kier molecular flexibility index (Phi) is 6.94. The molecule has 0 bridgehead atoms. The fourth-order valence-electron chi connectivity index (χ4n) is 2.36. The van der Waals surface area contributed by atoms with Gasteiger partial charge < -0.3 is 20.5 Å². The van der Waals surface area contributed by atoms with Crippen LogP contribution in [-0.4, -0.2) is 25.5 Å². The molecule has 6 nitrogen and oxygen atoms in total. The normalized spacial score (nSPS) is 11.7. The second-order valence-electron chi connectivity index (χ2n) is 5.99. The van der Waals surface area contributed by atoms with Gasteiger partial charge in [-0.15, -0.1) is 0 Å². The highest BCUT2D eigenvalue weighted by molar-refractivity contribution is 6.32. The van der Waals surface area contributed by atoms with Gasteiger partial charge in [0.2, 0.25) is 0 Å². The van der Waals surface area contributed by atoms with Gasteiger partial charge in [-0.3, -0.25) is 9.59 Å². The summed E-state index contributed by atoms with van der Waals surface area (Å²) in [5.74, 6) is -2.17. The van der Waals surface area contributed by atoms with E-state index in [1.165, 1.54) is 7.11 Å². The van der Waals surface area contributed by atoms with Gasteiger partial charge >= 0.3 is 12.4 Å². The molecule has 0 aliphatic rings. The molecule has 0 atom stereocenters. The number of halogens is 7. The smallest absolute Gasteiger partial charge is 0.416 e. The summed E-state index contributed by atoms with van der Waals surface area (Å²) in [6.07, 6.45) is -10.2. The number of carbonyl (C=O) groups excluding carboxylic acids is 2. The first kappa shape index (κ1) is 24.1. The highest BCUT2D eigenvalue weighted by atomic mass is 35.5. The summed E-state index contributed by atoms with van der Waals surface area (Å²) in [7, 11) is 1.17. The number of hydrogen-bond acceptors (Lipinski definition) is 4. The minimum Gasteiger partial charge on any atom is -0.493 e. The molecule has 2 rings (SSSR count). The van der Waals surface area contributed by atoms with Crippen LogP contribution in [0.15, 0.2) is 30.3 Å². The highest BCUT2D eigenvalue weighted by Gasteiger charge is 2.37. The number of primary amides is 1. The third kappa shape index (κ3) is 6.17. The van der Waals surface area contributed by atoms with E-state index >= 15 is 0 Å². The van der Waals surface area contributed by atoms with Gasteiger partial charge in [0.15, 0.2) is 18.1 Å². The molecule has 2 aromatic carbocycles. The van der Waals surface area contributed by atoms with Crippen molar-refractivity contribution < 1.29 is 45.4 Å². The Morgan fingerprint density at radius 1 is 1.00 bits per heavy atom. The summed E-state index contributed by atoms with van der Waals surface area (Å²) in [5, 5.41) is 1.75. The fraction of sp³-hybridized carbons (Fsp3) is 0.222. The van der Waals surface area contributed by atoms with Gasteiger partial charge in [-0.2, -0.15) is 26.3 Å². The average Bonchev–Trinajstić information content (AvgIpc) is 2.64. The molecular formula is C18H13ClF6N2O4. The molecule has 0 aromatic heterocycles. The number of hydrogen-bond donors (Lipinski definition) is 2. The van der Waals surface area contributed by atoms with Crippen molar-refractivity contribution >= 4 is 29.1 Å². The molecule has 0 fully saturated rings. The van der Waals surface area contributed by atoms with Crippen LogP contribution in [0.25, 0.3) is 0 Å². The standard InChI is InChI=1S/C18H13ClF6N2O4/c1-30-13-3-8(2-12(19)15(13)31-7-14(26)28)16(29)27-11-5-9(17(20,21)22)4-10(6-11)18(23,24)25/h2-6H,7H2,1H3,(H2,26,28)(H,27,29). The summed E-state index contributed by atoms with van der Waals surface area (Å²) in [6.45, 7) is -0.563. The number of nitrogens with one attached hydrogen (secondary N) is 1. The molecule has 0 spiro atoms. The van der Waals surface area contributed by atoms with Crippen LogP contribution in [-0.2, 0) is 17.1 Å². The van der Waals surface area contributed by atoms with Crippen LogP contribution in [0, 0.1) is 0 Å². The van der Waals surface area contributed by atoms with Gasteiger partial charge in [-0.1, -0.05) is 11.6 Å². The van der Waals surface area contributed by atoms with Crippen LogP contribution < -0.4 is 20.5 Å². The maximum absolute atomic E-state index is 13.0. The minimum absolute atomic E-state index is 0.0690. The first-order chi connectivity index (χ1) is 14.2. The van der Waals surface area contributed by atoms with E-state index < -0.39 is 47.6 Å². The van der Waals surface area contributed by atoms with E-state index in [-0.39, 0.29) is 28.2 Å². The molecule has 0 radical (unpaired) electrons. The third-order valence-corrected chi connectivity index (χ3v) is 3.98. The van der Waals surface area contributed by atoms with Crippen molar-refractivity contribution in [3.8, 4) is 11.5 Å². The van der Waals surface area contributed by atoms with Crippen molar-refractivity contribution in [2.45, 2.75) is 12.4 Å². The zero-order chi connectivity index (χ0) is 23.6. The predicted octanol–water partition coefficient (Wildman–Crippen LogP) is 4.50. The lowest BCUT2D eigenvalue weighted by Gasteiger charge is -2.16. The Labute approximate surface area is 175 Å². The van der Waals surface area contributed by atoms with E-state index in [4.69, 9.17) is 26.8 Å². The molecule has 0 aliphatic carbocycles. The van der Waals surface area contributed by atoms with E-state index in [0.717, 1.165) is 12.1 Å². The lowest BCUT2D eigenvalue weighted by Crippen LogP contribution is -2.20. The largest absolute Gasteiger partial charge is 0.493 e. The van der Waals surface area contributed by atoms with E-state index in [1.54, 1.807) is 0 Å². The molecule has 0 saturated carbocycles. The molecule has 31 heavy (non-hydrogen) atoms. The molecule has 0 unspecified atom stereocenters. The van der Waals surface area contributed by atoms with Crippen molar-refractivity contribution in [2.75, 3.05) is 19.0 Å². The van der Waals surface area contributed by atoms with Gasteiger partial charge in [0.1, 0.15) is 0 Å². The Balaban J connectivity index is 2.41. The number of carbonyl (C=O) groups is 2. The number of benzene rings is 2. The molecule has 0 saturated heterocycles. The average molecular weight is 471 g/mol. The number of methoxy groups -OCH3 is 1. The van der Waals surface area contributed by atoms with Crippen LogP contribution in [0.1, 0.15) is 21.5 Å². The zero-order valence-electron chi connectivity index (χ0n) is 15.4. The van der Waals surface area contributed by atoms with Crippen molar-refractivity contribution in [2.24, 2.45) is 5.73 Å². The second-order valence-corrected chi connectivity index (χ2v) is 6.40. The Hall–Kier alpha value is -3.15. The molecule has 3 N–H and O–H groups in total. The topological polar surface area (TPSA) is 90.7 Å². The number of anilines is 1. The molecule has 2 aromatic rings. The van der Waals surface area contributed by atoms with Gasteiger partial charge in [-0.05, 0) is 30.3 Å². The maximum Gasteiger partial charge on any atom is 0.416 e. The predicted molar refractivity (Wildman–Crippen MR) is 97.1 cm³/mol. The maximum atomic E-state index is 13.0. The summed E-state index contributed by atoms with van der Waals surface area (Å²) in [4.78, 5) is 23.3. The molecule has 13 heteroatoms. The minimum atomic E-state index is -5.08. The fourth-order valence-corrected chi connectivity index (χ4v) is 2.63. The van der Waals surface area contributed by atoms with Crippen LogP contribution in [0.3, 0.4) is 0 Å². The van der Waals surface area contributed by atoms with Gasteiger partial charge in [-0.25, -0.2) is 0 Å². The van der Waals surface area contributed by atoms with Crippen LogP contribution in [0.4, 0.5) is 32.0 Å². The van der Waals surface area contributed by atoms with Gasteiger partial charge in [0.05, 0.1) is 23.3 Å². The van der Waals surface area contributed by atoms with Crippen LogP contribution >= 0.6 is 11.6 Å². The van der Waals surface area contributed by atoms with E-state index in [9.17, 15) is 35.9 Å². The summed E-state index contributed by atoms with van der Waals surface area (Å²) >= 11 is 5.98. The first-order valence-electron chi connectivity index (χ1n) is 8.12. The molecular weight excluding hydrogens is 458 g/mol. The van der Waals surface area contributed by atoms with E-state index in [1.807, 2.05) is 5.32 Å². The van der Waals surface area contributed by atoms with E-state index in [2.05, 4.69) is 0 Å². The number of nitrogens with two attached hydrogens (primary N) is 1. The highest BCUT2D eigenvalue weighted by Crippen LogP contribution is 2.39. The number of alkyl halides is 6. The zero-order valence-corrected chi connectivity index (χ0v) is 16.2. The van der Waals surface area contributed by atoms with Crippen molar-refractivity contribution in [1.29, 1.82) is 0 Å². The van der Waals surface area contributed by atoms with E-state index in [0.29, 0.717) is 12.1 Å². The molecule has 0 aliphatic heterocycles. The Bertz CT molecular complexity index is 976. The molecule has 0 heterocycles. The quantitative estimate of drug-likeness (QED) is 0.608. The summed E-state index contributed by atoms with van der Waals surface area (Å²) in [5.41, 5.74) is 0.767. The van der Waals surface area contributed by atoms with Crippen molar-refractivity contribution in [3.05, 3.63) is 52.0 Å². The molecule has 2 amide bonds. The lowest BCUT2D eigenvalue weighted by atomic mass is 10.1. The second kappa shape index (κ2) is 8.92. The Morgan fingerprint density at radius 2 is 1.55 bits per heavy atom. The number of ether oxygens (including phenoxy) is 2. The number of rotatable bonds is 6. The third-order valence-electron chi connectivity index (χ3n) is 3.70. The number of amides is 2. The van der Waals surface area contributed by atoms with Gasteiger partial charge in [0.25, 0.3) is 11.8 Å². The van der Waals surface area contributed by atoms with Crippen molar-refractivity contribution in [3.63, 3.8) is 0 Å².